The van der Waals surface area contributed by atoms with Gasteiger partial charge in [-0.1, -0.05) is 36.4 Å². The number of carbonyl (C=O) groups excluding carboxylic acids is 1. The van der Waals surface area contributed by atoms with Gasteiger partial charge in [0.1, 0.15) is 5.82 Å². The fourth-order valence-corrected chi connectivity index (χ4v) is 6.35. The third kappa shape index (κ3) is 2.80. The van der Waals surface area contributed by atoms with Crippen molar-refractivity contribution in [1.29, 1.82) is 0 Å². The van der Waals surface area contributed by atoms with E-state index in [9.17, 15) is 9.18 Å². The number of halogens is 1. The van der Waals surface area contributed by atoms with Crippen LogP contribution in [-0.2, 0) is 4.74 Å². The number of rotatable bonds is 3. The molecule has 0 radical (unpaired) electrons. The lowest BCUT2D eigenvalue weighted by Crippen LogP contribution is -2.46. The van der Waals surface area contributed by atoms with Crippen molar-refractivity contribution in [2.45, 2.75) is 37.6 Å². The Kier molecular flexibility index (Phi) is 4.31. The average Bonchev–Trinajstić information content (AvgIpc) is 3.44. The van der Waals surface area contributed by atoms with Gasteiger partial charge < -0.3 is 9.64 Å². The van der Waals surface area contributed by atoms with Gasteiger partial charge in [0, 0.05) is 24.1 Å². The number of esters is 1. The van der Waals surface area contributed by atoms with Crippen molar-refractivity contribution < 1.29 is 13.9 Å². The van der Waals surface area contributed by atoms with Crippen molar-refractivity contribution in [3.8, 4) is 0 Å². The molecule has 4 aliphatic rings. The second kappa shape index (κ2) is 7.08. The first kappa shape index (κ1) is 18.9. The Morgan fingerprint density at radius 3 is 2.55 bits per heavy atom. The van der Waals surface area contributed by atoms with Crippen LogP contribution in [0.1, 0.15) is 64.7 Å². The van der Waals surface area contributed by atoms with Gasteiger partial charge in [0.05, 0.1) is 18.2 Å². The molecule has 2 heterocycles. The first-order valence-corrected chi connectivity index (χ1v) is 11.4. The molecule has 0 unspecified atom stereocenters. The number of benzene rings is 2. The van der Waals surface area contributed by atoms with E-state index in [4.69, 9.17) is 4.74 Å². The molecule has 5 atom stereocenters. The largest absolute Gasteiger partial charge is 0.462 e. The van der Waals surface area contributed by atoms with Crippen LogP contribution in [-0.4, -0.2) is 19.1 Å². The molecule has 0 spiro atoms. The summed E-state index contributed by atoms with van der Waals surface area (Å²) in [6.07, 6.45) is 11.2. The van der Waals surface area contributed by atoms with Crippen LogP contribution in [0.4, 0.5) is 10.1 Å². The second-order valence-electron chi connectivity index (χ2n) is 9.18. The molecule has 3 nitrogen and oxygen atoms in total. The first-order chi connectivity index (χ1) is 15.2. The predicted molar refractivity (Wildman–Crippen MR) is 119 cm³/mol. The molecule has 6 rings (SSSR count). The Balaban J connectivity index is 1.56. The molecule has 0 saturated heterocycles. The SMILES string of the molecule is CCOC(=O)c1cc2c3c(c1)[C@H]1C=CC[C@@H]1[C@H](c1ccc(F)cc1)N3C[C@H]1CC=C[C@H]21. The van der Waals surface area contributed by atoms with E-state index in [1.165, 1.54) is 22.4 Å². The van der Waals surface area contributed by atoms with Crippen molar-refractivity contribution in [3.63, 3.8) is 0 Å². The Bertz CT molecular complexity index is 1090. The summed E-state index contributed by atoms with van der Waals surface area (Å²) in [5.74, 6) is 1.06. The number of hydrogen-bond donors (Lipinski definition) is 0. The average molecular weight is 416 g/mol. The van der Waals surface area contributed by atoms with Crippen molar-refractivity contribution in [3.05, 3.63) is 88.8 Å². The van der Waals surface area contributed by atoms with E-state index in [1.807, 2.05) is 19.1 Å². The van der Waals surface area contributed by atoms with E-state index in [0.29, 0.717) is 29.9 Å². The lowest BCUT2D eigenvalue weighted by atomic mass is 9.70. The van der Waals surface area contributed by atoms with E-state index in [2.05, 4.69) is 41.3 Å². The zero-order chi connectivity index (χ0) is 21.1. The van der Waals surface area contributed by atoms with Gasteiger partial charge in [-0.05, 0) is 72.6 Å². The fraction of sp³-hybridized carbons (Fsp3) is 0.370. The van der Waals surface area contributed by atoms with E-state index < -0.39 is 0 Å². The van der Waals surface area contributed by atoms with Crippen LogP contribution in [0.2, 0.25) is 0 Å². The maximum atomic E-state index is 13.7. The molecule has 0 N–H and O–H groups in total. The van der Waals surface area contributed by atoms with Gasteiger partial charge in [-0.3, -0.25) is 0 Å². The molecular formula is C27H26FNO2. The molecule has 158 valence electrons. The quantitative estimate of drug-likeness (QED) is 0.462. The minimum absolute atomic E-state index is 0.195. The van der Waals surface area contributed by atoms with Gasteiger partial charge in [0.25, 0.3) is 0 Å². The van der Waals surface area contributed by atoms with Gasteiger partial charge in [0.15, 0.2) is 0 Å². The van der Waals surface area contributed by atoms with Crippen molar-refractivity contribution in [2.75, 3.05) is 18.1 Å². The van der Waals surface area contributed by atoms with Crippen LogP contribution in [0.15, 0.2) is 60.7 Å². The van der Waals surface area contributed by atoms with Gasteiger partial charge in [-0.2, -0.15) is 0 Å². The zero-order valence-corrected chi connectivity index (χ0v) is 17.6. The summed E-state index contributed by atoms with van der Waals surface area (Å²) in [6, 6.07) is 11.4. The number of nitrogens with zero attached hydrogens (tertiary/aromatic N) is 1. The van der Waals surface area contributed by atoms with Crippen LogP contribution >= 0.6 is 0 Å². The second-order valence-corrected chi connectivity index (χ2v) is 9.18. The summed E-state index contributed by atoms with van der Waals surface area (Å²) in [4.78, 5) is 15.3. The standard InChI is InChI=1S/C27H26FNO2/c1-2-31-27(30)18-13-23-20-6-3-5-17(20)15-29-25(16-9-11-19(28)12-10-16)22-8-4-7-21(22)24(14-18)26(23)29/h3-4,6-7,9-14,17,20-22,25H,2,5,8,15H2,1H3/t17-,20+,21+,22+,25+/m1/s1. The Morgan fingerprint density at radius 1 is 1.06 bits per heavy atom. The molecule has 0 amide bonds. The summed E-state index contributed by atoms with van der Waals surface area (Å²) >= 11 is 0. The molecule has 0 bridgehead atoms. The monoisotopic (exact) mass is 415 g/mol. The molecule has 2 aliphatic heterocycles. The summed E-state index contributed by atoms with van der Waals surface area (Å²) in [5.41, 5.74) is 5.61. The third-order valence-corrected chi connectivity index (χ3v) is 7.57. The van der Waals surface area contributed by atoms with Gasteiger partial charge in [-0.15, -0.1) is 0 Å². The van der Waals surface area contributed by atoms with Gasteiger partial charge in [0.2, 0.25) is 0 Å². The number of anilines is 1. The van der Waals surface area contributed by atoms with Crippen LogP contribution in [0.3, 0.4) is 0 Å². The van der Waals surface area contributed by atoms with Crippen molar-refractivity contribution in [1.82, 2.24) is 0 Å². The molecule has 0 fully saturated rings. The number of allylic oxidation sites excluding steroid dienone is 4. The molecule has 2 aromatic carbocycles. The lowest BCUT2D eigenvalue weighted by Gasteiger charge is -2.51. The normalized spacial score (nSPS) is 29.5. The van der Waals surface area contributed by atoms with E-state index >= 15 is 0 Å². The molecule has 2 aromatic rings. The smallest absolute Gasteiger partial charge is 0.338 e. The third-order valence-electron chi connectivity index (χ3n) is 7.57. The van der Waals surface area contributed by atoms with E-state index in [-0.39, 0.29) is 23.7 Å². The van der Waals surface area contributed by atoms with Crippen LogP contribution in [0.25, 0.3) is 0 Å². The summed E-state index contributed by atoms with van der Waals surface area (Å²) in [5, 5.41) is 0. The summed E-state index contributed by atoms with van der Waals surface area (Å²) in [6.45, 7) is 3.21. The predicted octanol–water partition coefficient (Wildman–Crippen LogP) is 5.90. The highest BCUT2D eigenvalue weighted by molar-refractivity contribution is 5.92. The van der Waals surface area contributed by atoms with Crippen molar-refractivity contribution >= 4 is 11.7 Å². The first-order valence-electron chi connectivity index (χ1n) is 11.4. The minimum atomic E-state index is -0.239. The molecule has 2 aliphatic carbocycles. The number of carbonyl (C=O) groups is 1. The maximum Gasteiger partial charge on any atom is 0.338 e. The molecule has 4 heteroatoms. The highest BCUT2D eigenvalue weighted by Gasteiger charge is 2.48. The fourth-order valence-electron chi connectivity index (χ4n) is 6.35. The summed E-state index contributed by atoms with van der Waals surface area (Å²) in [7, 11) is 0. The Labute approximate surface area is 182 Å². The minimum Gasteiger partial charge on any atom is -0.462 e. The number of fused-ring (bicyclic) bond motifs is 4. The van der Waals surface area contributed by atoms with Crippen LogP contribution in [0.5, 0.6) is 0 Å². The maximum absolute atomic E-state index is 13.7. The number of hydrogen-bond acceptors (Lipinski definition) is 3. The molecule has 0 saturated carbocycles. The Hall–Kier alpha value is -2.88. The molecule has 31 heavy (non-hydrogen) atoms. The van der Waals surface area contributed by atoms with Crippen LogP contribution in [0, 0.1) is 17.7 Å². The molecular weight excluding hydrogens is 389 g/mol. The highest BCUT2D eigenvalue weighted by Crippen LogP contribution is 2.58. The van der Waals surface area contributed by atoms with E-state index in [0.717, 1.165) is 19.4 Å². The molecule has 0 aromatic heterocycles. The number of ether oxygens (including phenoxy) is 1. The highest BCUT2D eigenvalue weighted by atomic mass is 19.1. The lowest BCUT2D eigenvalue weighted by molar-refractivity contribution is 0.0526. The Morgan fingerprint density at radius 2 is 1.77 bits per heavy atom. The zero-order valence-electron chi connectivity index (χ0n) is 17.6. The van der Waals surface area contributed by atoms with Gasteiger partial charge >= 0.3 is 5.97 Å². The topological polar surface area (TPSA) is 29.5 Å². The van der Waals surface area contributed by atoms with Gasteiger partial charge in [-0.25, -0.2) is 9.18 Å². The van der Waals surface area contributed by atoms with Crippen LogP contribution < -0.4 is 4.90 Å². The summed E-state index contributed by atoms with van der Waals surface area (Å²) < 4.78 is 19.1. The van der Waals surface area contributed by atoms with E-state index in [1.54, 1.807) is 12.1 Å². The van der Waals surface area contributed by atoms with Crippen molar-refractivity contribution in [2.24, 2.45) is 11.8 Å².